The molecular weight excluding hydrogens is 492 g/mol. The van der Waals surface area contributed by atoms with Crippen LogP contribution >= 0.6 is 0 Å². The monoisotopic (exact) mass is 524 g/mol. The highest BCUT2D eigenvalue weighted by molar-refractivity contribution is 5.96. The zero-order chi connectivity index (χ0) is 27.0. The van der Waals surface area contributed by atoms with E-state index < -0.39 is 0 Å². The van der Waals surface area contributed by atoms with E-state index in [1.807, 2.05) is 18.2 Å². The molecule has 0 aliphatic carbocycles. The molecule has 5 heteroatoms. The van der Waals surface area contributed by atoms with Crippen molar-refractivity contribution in [1.29, 1.82) is 0 Å². The molecule has 1 fully saturated rings. The molecule has 0 unspecified atom stereocenters. The third-order valence-corrected chi connectivity index (χ3v) is 7.04. The highest BCUT2D eigenvalue weighted by Crippen LogP contribution is 2.34. The van der Waals surface area contributed by atoms with E-state index in [0.717, 1.165) is 47.1 Å². The van der Waals surface area contributed by atoms with E-state index in [9.17, 15) is 0 Å². The van der Waals surface area contributed by atoms with Crippen LogP contribution in [0.25, 0.3) is 11.3 Å². The maximum Gasteiger partial charge on any atom is 0.166 e. The molecule has 40 heavy (non-hydrogen) atoms. The molecule has 5 nitrogen and oxygen atoms in total. The van der Waals surface area contributed by atoms with Crippen LogP contribution in [0.2, 0.25) is 0 Å². The van der Waals surface area contributed by atoms with Gasteiger partial charge in [-0.1, -0.05) is 121 Å². The van der Waals surface area contributed by atoms with E-state index in [1.54, 1.807) is 0 Å². The van der Waals surface area contributed by atoms with Crippen molar-refractivity contribution in [3.8, 4) is 0 Å². The molecule has 0 atom stereocenters. The lowest BCUT2D eigenvalue weighted by Crippen LogP contribution is -2.35. The molecule has 4 aromatic carbocycles. The summed E-state index contributed by atoms with van der Waals surface area (Å²) in [4.78, 5) is 17.7. The average Bonchev–Trinajstić information content (AvgIpc) is 3.02. The summed E-state index contributed by atoms with van der Waals surface area (Å²) in [6.07, 6.45) is 1.27. The van der Waals surface area contributed by atoms with Gasteiger partial charge in [0.1, 0.15) is 11.6 Å². The van der Waals surface area contributed by atoms with Gasteiger partial charge in [0.25, 0.3) is 0 Å². The van der Waals surface area contributed by atoms with Gasteiger partial charge in [0.2, 0.25) is 0 Å². The minimum absolute atomic E-state index is 0.637. The maximum atomic E-state index is 5.74. The molecule has 2 heterocycles. The first kappa shape index (κ1) is 25.7. The number of hydrogen-bond donors (Lipinski definition) is 0. The topological polar surface area (TPSA) is 51.1 Å². The van der Waals surface area contributed by atoms with Gasteiger partial charge in [-0.15, -0.1) is 0 Å². The van der Waals surface area contributed by atoms with Crippen LogP contribution in [-0.2, 0) is 17.6 Å². The number of rotatable bonds is 8. The highest BCUT2D eigenvalue weighted by Gasteiger charge is 2.24. The zero-order valence-corrected chi connectivity index (χ0v) is 22.5. The molecule has 0 bridgehead atoms. The Morgan fingerprint density at radius 1 is 0.550 bits per heavy atom. The first-order chi connectivity index (χ1) is 19.8. The number of aromatic nitrogens is 3. The first-order valence-corrected chi connectivity index (χ1v) is 13.8. The fourth-order valence-corrected chi connectivity index (χ4v) is 5.14. The first-order valence-electron chi connectivity index (χ1n) is 13.8. The Morgan fingerprint density at radius 2 is 1.00 bits per heavy atom. The fraction of sp³-hybridized carbons (Fsp3) is 0.171. The van der Waals surface area contributed by atoms with Crippen LogP contribution in [0.5, 0.6) is 0 Å². The van der Waals surface area contributed by atoms with Gasteiger partial charge in [-0.2, -0.15) is 0 Å². The summed E-state index contributed by atoms with van der Waals surface area (Å²) in [5, 5.41) is 0. The SMILES string of the molecule is c1ccc(Cc2nc(Cc3ccccc3)nc(/C(=C(\c3ccccc3)N3CCOCC3)c3ccccc3)n2)cc1. The lowest BCUT2D eigenvalue weighted by molar-refractivity contribution is 0.0641. The second kappa shape index (κ2) is 12.5. The van der Waals surface area contributed by atoms with E-state index in [2.05, 4.69) is 108 Å². The summed E-state index contributed by atoms with van der Waals surface area (Å²) >= 11 is 0. The third kappa shape index (κ3) is 6.16. The summed E-state index contributed by atoms with van der Waals surface area (Å²) in [7, 11) is 0. The molecule has 0 saturated carbocycles. The molecule has 0 spiro atoms. The molecule has 0 N–H and O–H groups in total. The van der Waals surface area contributed by atoms with E-state index in [1.165, 1.54) is 11.1 Å². The molecule has 1 aromatic heterocycles. The number of benzene rings is 4. The van der Waals surface area contributed by atoms with Gasteiger partial charge < -0.3 is 9.64 Å². The predicted molar refractivity (Wildman–Crippen MR) is 160 cm³/mol. The summed E-state index contributed by atoms with van der Waals surface area (Å²) in [5.74, 6) is 2.23. The number of nitrogens with zero attached hydrogens (tertiary/aromatic N) is 4. The molecule has 5 aromatic rings. The molecule has 198 valence electrons. The van der Waals surface area contributed by atoms with Gasteiger partial charge in [-0.3, -0.25) is 0 Å². The van der Waals surface area contributed by atoms with E-state index in [4.69, 9.17) is 19.7 Å². The predicted octanol–water partition coefficient (Wildman–Crippen LogP) is 6.30. The Balaban J connectivity index is 1.57. The van der Waals surface area contributed by atoms with Gasteiger partial charge in [0.15, 0.2) is 5.82 Å². The Kier molecular flexibility index (Phi) is 8.02. The van der Waals surface area contributed by atoms with Crippen LogP contribution in [0, 0.1) is 0 Å². The van der Waals surface area contributed by atoms with E-state index in [-0.39, 0.29) is 0 Å². The largest absolute Gasteiger partial charge is 0.378 e. The van der Waals surface area contributed by atoms with Crippen molar-refractivity contribution in [3.05, 3.63) is 161 Å². The van der Waals surface area contributed by atoms with Gasteiger partial charge >= 0.3 is 0 Å². The minimum Gasteiger partial charge on any atom is -0.378 e. The third-order valence-electron chi connectivity index (χ3n) is 7.04. The van der Waals surface area contributed by atoms with Gasteiger partial charge in [0.05, 0.1) is 24.5 Å². The summed E-state index contributed by atoms with van der Waals surface area (Å²) in [6, 6.07) is 41.9. The molecule has 6 rings (SSSR count). The smallest absolute Gasteiger partial charge is 0.166 e. The summed E-state index contributed by atoms with van der Waals surface area (Å²) in [6.45, 7) is 2.99. The lowest BCUT2D eigenvalue weighted by Gasteiger charge is -2.33. The van der Waals surface area contributed by atoms with Crippen molar-refractivity contribution in [1.82, 2.24) is 19.9 Å². The van der Waals surface area contributed by atoms with Crippen molar-refractivity contribution in [3.63, 3.8) is 0 Å². The second-order valence-corrected chi connectivity index (χ2v) is 9.87. The van der Waals surface area contributed by atoms with Crippen molar-refractivity contribution >= 4 is 11.3 Å². The molecule has 0 radical (unpaired) electrons. The van der Waals surface area contributed by atoms with E-state index in [0.29, 0.717) is 31.9 Å². The maximum absolute atomic E-state index is 5.74. The van der Waals surface area contributed by atoms with Gasteiger partial charge in [0, 0.05) is 25.9 Å². The second-order valence-electron chi connectivity index (χ2n) is 9.87. The van der Waals surface area contributed by atoms with Crippen molar-refractivity contribution in [2.75, 3.05) is 26.3 Å². The average molecular weight is 525 g/mol. The quantitative estimate of drug-likeness (QED) is 0.223. The van der Waals surface area contributed by atoms with E-state index >= 15 is 0 Å². The minimum atomic E-state index is 0.637. The van der Waals surface area contributed by atoms with Crippen molar-refractivity contribution in [2.45, 2.75) is 12.8 Å². The van der Waals surface area contributed by atoms with Crippen molar-refractivity contribution < 1.29 is 4.74 Å². The van der Waals surface area contributed by atoms with Crippen molar-refractivity contribution in [2.24, 2.45) is 0 Å². The molecule has 1 aliphatic rings. The Labute approximate surface area is 235 Å². The Hall–Kier alpha value is -4.61. The molecular formula is C35H32N4O. The number of morpholine rings is 1. The van der Waals surface area contributed by atoms with Crippen LogP contribution in [-0.4, -0.2) is 46.2 Å². The van der Waals surface area contributed by atoms with Crippen LogP contribution < -0.4 is 0 Å². The van der Waals surface area contributed by atoms with Crippen LogP contribution in [0.4, 0.5) is 0 Å². The fourth-order valence-electron chi connectivity index (χ4n) is 5.14. The summed E-state index contributed by atoms with van der Waals surface area (Å²) < 4.78 is 5.74. The zero-order valence-electron chi connectivity index (χ0n) is 22.5. The molecule has 0 amide bonds. The molecule has 1 saturated heterocycles. The highest BCUT2D eigenvalue weighted by atomic mass is 16.5. The number of ether oxygens (including phenoxy) is 1. The van der Waals surface area contributed by atoms with Crippen LogP contribution in [0.3, 0.4) is 0 Å². The number of hydrogen-bond acceptors (Lipinski definition) is 5. The summed E-state index contributed by atoms with van der Waals surface area (Å²) in [5.41, 5.74) is 6.70. The Bertz CT molecular complexity index is 1490. The normalized spacial score (nSPS) is 14.1. The lowest BCUT2D eigenvalue weighted by atomic mass is 9.97. The van der Waals surface area contributed by atoms with Gasteiger partial charge in [-0.25, -0.2) is 15.0 Å². The standard InChI is InChI=1S/C35H32N4O/c1-5-13-27(14-6-1)25-31-36-32(26-28-15-7-2-8-16-28)38-35(37-31)33(29-17-9-3-10-18-29)34(30-19-11-4-12-20-30)39-21-23-40-24-22-39/h1-20H,21-26H2/b34-33+. The Morgan fingerprint density at radius 3 is 1.50 bits per heavy atom. The van der Waals surface area contributed by atoms with Crippen LogP contribution in [0.15, 0.2) is 121 Å². The van der Waals surface area contributed by atoms with Gasteiger partial charge in [-0.05, 0) is 22.3 Å². The van der Waals surface area contributed by atoms with Crippen LogP contribution in [0.1, 0.15) is 39.7 Å². The molecule has 1 aliphatic heterocycles.